The second kappa shape index (κ2) is 9.74. The highest BCUT2D eigenvalue weighted by molar-refractivity contribution is 7.89. The van der Waals surface area contributed by atoms with E-state index in [0.717, 1.165) is 32.1 Å². The normalized spacial score (nSPS) is 16.2. The number of benzene rings is 1. The van der Waals surface area contributed by atoms with Crippen molar-refractivity contribution < 1.29 is 17.9 Å². The zero-order chi connectivity index (χ0) is 20.8. The molecule has 28 heavy (non-hydrogen) atoms. The van der Waals surface area contributed by atoms with Crippen LogP contribution in [-0.4, -0.2) is 44.4 Å². The highest BCUT2D eigenvalue weighted by Crippen LogP contribution is 2.28. The van der Waals surface area contributed by atoms with Crippen molar-refractivity contribution in [1.29, 1.82) is 0 Å². The van der Waals surface area contributed by atoms with Crippen LogP contribution in [-0.2, 0) is 14.8 Å². The van der Waals surface area contributed by atoms with Crippen LogP contribution in [0.2, 0.25) is 0 Å². The lowest BCUT2D eigenvalue weighted by Gasteiger charge is -2.33. The Bertz CT molecular complexity index is 733. The second-order valence-corrected chi connectivity index (χ2v) is 10.5. The summed E-state index contributed by atoms with van der Waals surface area (Å²) in [6, 6.07) is 6.31. The van der Waals surface area contributed by atoms with E-state index in [-0.39, 0.29) is 28.8 Å². The lowest BCUT2D eigenvalue weighted by Crippen LogP contribution is -2.48. The van der Waals surface area contributed by atoms with E-state index in [1.165, 1.54) is 4.31 Å². The van der Waals surface area contributed by atoms with Crippen molar-refractivity contribution in [1.82, 2.24) is 9.62 Å². The summed E-state index contributed by atoms with van der Waals surface area (Å²) in [5.41, 5.74) is -0.0562. The Balaban J connectivity index is 2.22. The summed E-state index contributed by atoms with van der Waals surface area (Å²) in [6.45, 7) is 8.86. The van der Waals surface area contributed by atoms with E-state index in [2.05, 4.69) is 5.32 Å². The number of rotatable bonds is 8. The minimum Gasteiger partial charge on any atom is -0.494 e. The smallest absolute Gasteiger partial charge is 0.243 e. The standard InChI is InChI=1S/C21H34N2O4S/c1-5-27-18-11-13-19(14-12-18)28(25,26)23(17-9-7-6-8-10-17)15-20(24)22-16-21(2,3)4/h11-14,17H,5-10,15-16H2,1-4H3,(H,22,24). The van der Waals surface area contributed by atoms with E-state index in [9.17, 15) is 13.2 Å². The third-order valence-corrected chi connectivity index (χ3v) is 6.75. The number of nitrogens with one attached hydrogen (secondary N) is 1. The van der Waals surface area contributed by atoms with Gasteiger partial charge in [-0.05, 0) is 49.4 Å². The van der Waals surface area contributed by atoms with Gasteiger partial charge in [-0.15, -0.1) is 0 Å². The van der Waals surface area contributed by atoms with E-state index < -0.39 is 10.0 Å². The van der Waals surface area contributed by atoms with Gasteiger partial charge < -0.3 is 10.1 Å². The maximum absolute atomic E-state index is 13.3. The van der Waals surface area contributed by atoms with Crippen molar-refractivity contribution in [3.8, 4) is 5.75 Å². The van der Waals surface area contributed by atoms with Crippen LogP contribution < -0.4 is 10.1 Å². The van der Waals surface area contributed by atoms with Crippen molar-refractivity contribution in [2.24, 2.45) is 5.41 Å². The number of nitrogens with zero attached hydrogens (tertiary/aromatic N) is 1. The molecular formula is C21H34N2O4S. The van der Waals surface area contributed by atoms with Gasteiger partial charge in [-0.3, -0.25) is 4.79 Å². The van der Waals surface area contributed by atoms with Gasteiger partial charge in [0.15, 0.2) is 0 Å². The van der Waals surface area contributed by atoms with Crippen molar-refractivity contribution in [3.63, 3.8) is 0 Å². The Morgan fingerprint density at radius 1 is 1.14 bits per heavy atom. The van der Waals surface area contributed by atoms with Crippen LogP contribution in [0.15, 0.2) is 29.2 Å². The molecule has 1 fully saturated rings. The predicted octanol–water partition coefficient (Wildman–Crippen LogP) is 3.57. The minimum absolute atomic E-state index is 0.0562. The summed E-state index contributed by atoms with van der Waals surface area (Å²) < 4.78 is 33.5. The topological polar surface area (TPSA) is 75.7 Å². The Morgan fingerprint density at radius 2 is 1.75 bits per heavy atom. The minimum atomic E-state index is -3.76. The molecule has 1 aliphatic carbocycles. The van der Waals surface area contributed by atoms with Crippen molar-refractivity contribution in [2.75, 3.05) is 19.7 Å². The number of hydrogen-bond acceptors (Lipinski definition) is 4. The zero-order valence-corrected chi connectivity index (χ0v) is 18.3. The Hall–Kier alpha value is -1.60. The fourth-order valence-electron chi connectivity index (χ4n) is 3.35. The van der Waals surface area contributed by atoms with Gasteiger partial charge in [0.25, 0.3) is 0 Å². The molecule has 6 nitrogen and oxygen atoms in total. The van der Waals surface area contributed by atoms with Crippen LogP contribution in [0.1, 0.15) is 59.8 Å². The molecule has 0 heterocycles. The van der Waals surface area contributed by atoms with E-state index in [0.29, 0.717) is 18.9 Å². The molecule has 158 valence electrons. The third kappa shape index (κ3) is 6.48. The van der Waals surface area contributed by atoms with Gasteiger partial charge in [-0.1, -0.05) is 40.0 Å². The molecule has 0 unspecified atom stereocenters. The average molecular weight is 411 g/mol. The van der Waals surface area contributed by atoms with Crippen LogP contribution in [0.4, 0.5) is 0 Å². The number of amides is 1. The first-order valence-corrected chi connectivity index (χ1v) is 11.6. The molecule has 0 radical (unpaired) electrons. The quantitative estimate of drug-likeness (QED) is 0.711. The highest BCUT2D eigenvalue weighted by atomic mass is 32.2. The van der Waals surface area contributed by atoms with E-state index in [4.69, 9.17) is 4.74 Å². The molecule has 1 saturated carbocycles. The molecule has 7 heteroatoms. The molecule has 1 aliphatic rings. The summed E-state index contributed by atoms with van der Waals surface area (Å²) >= 11 is 0. The van der Waals surface area contributed by atoms with Gasteiger partial charge in [0, 0.05) is 12.6 Å². The highest BCUT2D eigenvalue weighted by Gasteiger charge is 2.34. The van der Waals surface area contributed by atoms with Gasteiger partial charge in [0.2, 0.25) is 15.9 Å². The maximum atomic E-state index is 13.3. The first kappa shape index (κ1) is 22.7. The van der Waals surface area contributed by atoms with Crippen LogP contribution in [0.5, 0.6) is 5.75 Å². The van der Waals surface area contributed by atoms with Gasteiger partial charge in [-0.2, -0.15) is 4.31 Å². The van der Waals surface area contributed by atoms with Crippen LogP contribution in [0, 0.1) is 5.41 Å². The predicted molar refractivity (Wildman–Crippen MR) is 111 cm³/mol. The Morgan fingerprint density at radius 3 is 2.29 bits per heavy atom. The van der Waals surface area contributed by atoms with Crippen molar-refractivity contribution in [2.45, 2.75) is 70.7 Å². The molecule has 0 atom stereocenters. The number of carbonyl (C=O) groups is 1. The monoisotopic (exact) mass is 410 g/mol. The van der Waals surface area contributed by atoms with Crippen molar-refractivity contribution in [3.05, 3.63) is 24.3 Å². The summed E-state index contributed by atoms with van der Waals surface area (Å²) in [6.07, 6.45) is 4.68. The SMILES string of the molecule is CCOc1ccc(S(=O)(=O)N(CC(=O)NCC(C)(C)C)C2CCCCC2)cc1. The molecule has 1 amide bonds. The zero-order valence-electron chi connectivity index (χ0n) is 17.5. The van der Waals surface area contributed by atoms with E-state index >= 15 is 0 Å². The molecule has 1 aromatic carbocycles. The average Bonchev–Trinajstić information content (AvgIpc) is 2.65. The number of sulfonamides is 1. The fraction of sp³-hybridized carbons (Fsp3) is 0.667. The lowest BCUT2D eigenvalue weighted by molar-refractivity contribution is -0.122. The summed E-state index contributed by atoms with van der Waals surface area (Å²) in [5.74, 6) is 0.378. The molecular weight excluding hydrogens is 376 g/mol. The fourth-order valence-corrected chi connectivity index (χ4v) is 4.99. The summed E-state index contributed by atoms with van der Waals surface area (Å²) in [5, 5.41) is 2.88. The number of ether oxygens (including phenoxy) is 1. The molecule has 0 aromatic heterocycles. The van der Waals surface area contributed by atoms with E-state index in [1.54, 1.807) is 24.3 Å². The lowest BCUT2D eigenvalue weighted by atomic mass is 9.95. The largest absolute Gasteiger partial charge is 0.494 e. The molecule has 0 aliphatic heterocycles. The van der Waals surface area contributed by atoms with E-state index in [1.807, 2.05) is 27.7 Å². The summed E-state index contributed by atoms with van der Waals surface area (Å²) in [4.78, 5) is 12.7. The molecule has 1 aromatic rings. The molecule has 1 N–H and O–H groups in total. The van der Waals surface area contributed by atoms with Gasteiger partial charge in [0.1, 0.15) is 5.75 Å². The Kier molecular flexibility index (Phi) is 7.89. The summed E-state index contributed by atoms with van der Waals surface area (Å²) in [7, 11) is -3.76. The first-order chi connectivity index (χ1) is 13.1. The Labute approximate surface area is 169 Å². The van der Waals surface area contributed by atoms with Crippen LogP contribution >= 0.6 is 0 Å². The van der Waals surface area contributed by atoms with Crippen LogP contribution in [0.25, 0.3) is 0 Å². The first-order valence-electron chi connectivity index (χ1n) is 10.1. The maximum Gasteiger partial charge on any atom is 0.243 e. The third-order valence-electron chi connectivity index (χ3n) is 4.84. The van der Waals surface area contributed by atoms with Crippen LogP contribution in [0.3, 0.4) is 0 Å². The molecule has 0 bridgehead atoms. The molecule has 0 spiro atoms. The van der Waals surface area contributed by atoms with Gasteiger partial charge in [-0.25, -0.2) is 8.42 Å². The number of hydrogen-bond donors (Lipinski definition) is 1. The van der Waals surface area contributed by atoms with Gasteiger partial charge >= 0.3 is 0 Å². The molecule has 2 rings (SSSR count). The molecule has 0 saturated heterocycles. The number of carbonyl (C=O) groups excluding carboxylic acids is 1. The van der Waals surface area contributed by atoms with Crippen molar-refractivity contribution >= 4 is 15.9 Å². The second-order valence-electron chi connectivity index (χ2n) is 8.58. The van der Waals surface area contributed by atoms with Gasteiger partial charge in [0.05, 0.1) is 18.0 Å².